The molecule has 2 bridgehead atoms. The Morgan fingerprint density at radius 2 is 2.27 bits per heavy atom. The first-order valence-corrected chi connectivity index (χ1v) is 6.89. The van der Waals surface area contributed by atoms with Crippen LogP contribution in [0, 0.1) is 0 Å². The summed E-state index contributed by atoms with van der Waals surface area (Å²) >= 11 is 0. The number of aromatic nitrogens is 2. The second-order valence-corrected chi connectivity index (χ2v) is 5.50. The minimum Gasteiger partial charge on any atom is -0.473 e. The fourth-order valence-electron chi connectivity index (χ4n) is 3.00. The van der Waals surface area contributed by atoms with E-state index in [2.05, 4.69) is 15.5 Å². The van der Waals surface area contributed by atoms with E-state index in [1.165, 1.54) is 6.20 Å². The Kier molecular flexibility index (Phi) is 3.67. The molecule has 1 aromatic heterocycles. The largest absolute Gasteiger partial charge is 0.490 e. The van der Waals surface area contributed by atoms with Gasteiger partial charge in [-0.15, -0.1) is 5.10 Å². The lowest BCUT2D eigenvalue weighted by Gasteiger charge is -2.38. The van der Waals surface area contributed by atoms with Gasteiger partial charge < -0.3 is 9.47 Å². The van der Waals surface area contributed by atoms with Crippen molar-refractivity contribution in [1.82, 2.24) is 15.5 Å². The van der Waals surface area contributed by atoms with Crippen molar-refractivity contribution in [2.75, 3.05) is 0 Å². The first kappa shape index (κ1) is 15.0. The van der Waals surface area contributed by atoms with Crippen LogP contribution in [0.5, 0.6) is 5.88 Å². The molecule has 9 heteroatoms. The van der Waals surface area contributed by atoms with Crippen molar-refractivity contribution >= 4 is 5.97 Å². The molecule has 120 valence electrons. The summed E-state index contributed by atoms with van der Waals surface area (Å²) in [4.78, 5) is 11.1. The summed E-state index contributed by atoms with van der Waals surface area (Å²) in [5.41, 5.74) is -1.32. The molecule has 0 amide bonds. The van der Waals surface area contributed by atoms with Gasteiger partial charge in [-0.3, -0.25) is 5.32 Å². The van der Waals surface area contributed by atoms with Crippen LogP contribution in [0.2, 0.25) is 0 Å². The van der Waals surface area contributed by atoms with Gasteiger partial charge in [0.25, 0.3) is 0 Å². The number of fused-ring (bicyclic) bond motifs is 2. The first-order chi connectivity index (χ1) is 10.4. The van der Waals surface area contributed by atoms with Crippen LogP contribution >= 0.6 is 0 Å². The molecule has 3 rings (SSSR count). The van der Waals surface area contributed by atoms with E-state index in [-0.39, 0.29) is 18.6 Å². The number of halogens is 3. The molecule has 6 nitrogen and oxygen atoms in total. The van der Waals surface area contributed by atoms with E-state index in [0.29, 0.717) is 25.1 Å². The lowest BCUT2D eigenvalue weighted by atomic mass is 9.99. The number of esters is 1. The summed E-state index contributed by atoms with van der Waals surface area (Å²) in [7, 11) is 0. The maximum Gasteiger partial charge on any atom is 0.490 e. The molecule has 2 fully saturated rings. The van der Waals surface area contributed by atoms with Gasteiger partial charge in [0.2, 0.25) is 5.88 Å². The van der Waals surface area contributed by atoms with Gasteiger partial charge in [0.15, 0.2) is 5.72 Å². The maximum atomic E-state index is 12.4. The zero-order valence-corrected chi connectivity index (χ0v) is 11.5. The average molecular weight is 317 g/mol. The highest BCUT2D eigenvalue weighted by Gasteiger charge is 2.53. The Bertz CT molecular complexity index is 554. The van der Waals surface area contributed by atoms with Gasteiger partial charge in [-0.25, -0.2) is 4.79 Å². The van der Waals surface area contributed by atoms with E-state index < -0.39 is 17.9 Å². The van der Waals surface area contributed by atoms with Crippen molar-refractivity contribution in [3.05, 3.63) is 18.3 Å². The van der Waals surface area contributed by atoms with Gasteiger partial charge >= 0.3 is 12.1 Å². The quantitative estimate of drug-likeness (QED) is 0.853. The number of hydrogen-bond acceptors (Lipinski definition) is 6. The highest BCUT2D eigenvalue weighted by molar-refractivity contribution is 5.76. The summed E-state index contributed by atoms with van der Waals surface area (Å²) in [5.74, 6) is -1.88. The van der Waals surface area contributed by atoms with Gasteiger partial charge in [0, 0.05) is 37.6 Å². The highest BCUT2D eigenvalue weighted by Crippen LogP contribution is 2.39. The van der Waals surface area contributed by atoms with Crippen LogP contribution in [0.15, 0.2) is 18.3 Å². The number of alkyl halides is 3. The van der Waals surface area contributed by atoms with Crippen molar-refractivity contribution in [3.63, 3.8) is 0 Å². The third-order valence-electron chi connectivity index (χ3n) is 3.82. The van der Waals surface area contributed by atoms with Crippen LogP contribution in [0.4, 0.5) is 13.2 Å². The smallest absolute Gasteiger partial charge is 0.473 e. The van der Waals surface area contributed by atoms with E-state index in [1.54, 1.807) is 12.1 Å². The van der Waals surface area contributed by atoms with Crippen LogP contribution in [-0.2, 0) is 9.53 Å². The molecule has 0 aromatic carbocycles. The molecule has 0 aliphatic carbocycles. The molecule has 0 saturated carbocycles. The first-order valence-electron chi connectivity index (χ1n) is 6.89. The summed E-state index contributed by atoms with van der Waals surface area (Å²) < 4.78 is 47.6. The van der Waals surface area contributed by atoms with E-state index >= 15 is 0 Å². The Morgan fingerprint density at radius 3 is 2.95 bits per heavy atom. The SMILES string of the molecule is O=C(OC12CCC(CC(Oc3cccnn3)C1)N2)C(F)(F)F. The molecule has 0 radical (unpaired) electrons. The molecule has 3 unspecified atom stereocenters. The molecule has 2 saturated heterocycles. The van der Waals surface area contributed by atoms with Crippen molar-refractivity contribution in [2.24, 2.45) is 0 Å². The highest BCUT2D eigenvalue weighted by atomic mass is 19.4. The second kappa shape index (κ2) is 5.38. The fourth-order valence-corrected chi connectivity index (χ4v) is 3.00. The standard InChI is InChI=1S/C13H14F3N3O3/c14-13(15,16)11(20)22-12-4-3-8(18-12)6-9(7-12)21-10-2-1-5-17-19-10/h1-2,5,8-9,18H,3-4,6-7H2. The second-order valence-electron chi connectivity index (χ2n) is 5.50. The molecule has 22 heavy (non-hydrogen) atoms. The number of nitrogens with one attached hydrogen (secondary N) is 1. The average Bonchev–Trinajstić information content (AvgIpc) is 2.74. The fraction of sp³-hybridized carbons (Fsp3) is 0.615. The molecule has 2 aliphatic heterocycles. The summed E-state index contributed by atoms with van der Waals surface area (Å²) in [6.07, 6.45) is -2.18. The van der Waals surface area contributed by atoms with E-state index in [9.17, 15) is 18.0 Å². The molecule has 1 N–H and O–H groups in total. The predicted octanol–water partition coefficient (Wildman–Crippen LogP) is 1.57. The van der Waals surface area contributed by atoms with Crippen molar-refractivity contribution in [1.29, 1.82) is 0 Å². The van der Waals surface area contributed by atoms with Gasteiger partial charge in [-0.1, -0.05) is 0 Å². The number of rotatable bonds is 3. The lowest BCUT2D eigenvalue weighted by molar-refractivity contribution is -0.219. The molecule has 0 spiro atoms. The minimum absolute atomic E-state index is 0.0449. The Labute approximate surface area is 124 Å². The molecular formula is C13H14F3N3O3. The van der Waals surface area contributed by atoms with Crippen molar-refractivity contribution in [3.8, 4) is 5.88 Å². The number of nitrogens with zero attached hydrogens (tertiary/aromatic N) is 2. The van der Waals surface area contributed by atoms with Crippen molar-refractivity contribution in [2.45, 2.75) is 49.7 Å². The predicted molar refractivity (Wildman–Crippen MR) is 66.7 cm³/mol. The van der Waals surface area contributed by atoms with Crippen molar-refractivity contribution < 1.29 is 27.4 Å². The van der Waals surface area contributed by atoms with Gasteiger partial charge in [0.1, 0.15) is 6.10 Å². The van der Waals surface area contributed by atoms with E-state index in [1.807, 2.05) is 0 Å². The Hall–Kier alpha value is -1.90. The normalized spacial score (nSPS) is 30.9. The lowest BCUT2D eigenvalue weighted by Crippen LogP contribution is -2.56. The molecule has 3 atom stereocenters. The Morgan fingerprint density at radius 1 is 1.45 bits per heavy atom. The van der Waals surface area contributed by atoms with Gasteiger partial charge in [-0.05, 0) is 12.5 Å². The van der Waals surface area contributed by atoms with Crippen LogP contribution < -0.4 is 10.1 Å². The zero-order valence-electron chi connectivity index (χ0n) is 11.5. The maximum absolute atomic E-state index is 12.4. The molecule has 2 aliphatic rings. The van der Waals surface area contributed by atoms with Crippen LogP contribution in [0.25, 0.3) is 0 Å². The number of carbonyl (C=O) groups excluding carboxylic acids is 1. The van der Waals surface area contributed by atoms with Crippen LogP contribution in [0.3, 0.4) is 0 Å². The van der Waals surface area contributed by atoms with Crippen LogP contribution in [-0.4, -0.2) is 40.2 Å². The van der Waals surface area contributed by atoms with Gasteiger partial charge in [-0.2, -0.15) is 18.3 Å². The Balaban J connectivity index is 1.69. The van der Waals surface area contributed by atoms with E-state index in [0.717, 1.165) is 0 Å². The zero-order chi connectivity index (χ0) is 15.8. The topological polar surface area (TPSA) is 73.3 Å². The van der Waals surface area contributed by atoms with E-state index in [4.69, 9.17) is 9.47 Å². The number of ether oxygens (including phenoxy) is 2. The third-order valence-corrected chi connectivity index (χ3v) is 3.82. The summed E-state index contributed by atoms with van der Waals surface area (Å²) in [5, 5.41) is 10.4. The van der Waals surface area contributed by atoms with Crippen LogP contribution in [0.1, 0.15) is 25.7 Å². The van der Waals surface area contributed by atoms with Gasteiger partial charge in [0.05, 0.1) is 0 Å². The molecular weight excluding hydrogens is 303 g/mol. The number of hydrogen-bond donors (Lipinski definition) is 1. The summed E-state index contributed by atoms with van der Waals surface area (Å²) in [6, 6.07) is 3.22. The monoisotopic (exact) mass is 317 g/mol. The minimum atomic E-state index is -5.01. The number of carbonyl (C=O) groups is 1. The summed E-state index contributed by atoms with van der Waals surface area (Å²) in [6.45, 7) is 0. The number of piperidine rings is 1. The molecule has 3 heterocycles. The molecule has 1 aromatic rings. The third kappa shape index (κ3) is 3.13.